The van der Waals surface area contributed by atoms with Gasteiger partial charge in [-0.1, -0.05) is 133 Å². The van der Waals surface area contributed by atoms with Crippen molar-refractivity contribution < 1.29 is 23.9 Å². The van der Waals surface area contributed by atoms with Crippen molar-refractivity contribution >= 4 is 24.0 Å². The van der Waals surface area contributed by atoms with E-state index in [9.17, 15) is 14.4 Å². The summed E-state index contributed by atoms with van der Waals surface area (Å²) in [4.78, 5) is 44.1. The predicted molar refractivity (Wildman–Crippen MR) is 162 cm³/mol. The molecular weight excluding hydrogens is 540 g/mol. The van der Waals surface area contributed by atoms with Gasteiger partial charge in [-0.25, -0.2) is 9.59 Å². The molecule has 7 nitrogen and oxygen atoms in total. The zero-order valence-corrected chi connectivity index (χ0v) is 23.6. The highest BCUT2D eigenvalue weighted by molar-refractivity contribution is 5.97. The zero-order chi connectivity index (χ0) is 29.6. The summed E-state index contributed by atoms with van der Waals surface area (Å²) in [6, 6.07) is 35.6. The maximum absolute atomic E-state index is 14.1. The zero-order valence-electron chi connectivity index (χ0n) is 23.6. The number of likely N-dealkylation sites (tertiary alicyclic amines) is 1. The lowest BCUT2D eigenvalue weighted by Crippen LogP contribution is -2.74. The van der Waals surface area contributed by atoms with E-state index in [0.717, 1.165) is 22.3 Å². The first kappa shape index (κ1) is 28.0. The van der Waals surface area contributed by atoms with Gasteiger partial charge in [0.25, 0.3) is 0 Å². The SMILES string of the molecule is O=C(OCc1ccccc1)C(Cc1ccccc1)N1C(=O)C(N2C(=O)OC[C@@H]2c2ccccc2)C1C=Cc1ccccc1. The van der Waals surface area contributed by atoms with Gasteiger partial charge >= 0.3 is 12.1 Å². The first-order chi connectivity index (χ1) is 21.1. The van der Waals surface area contributed by atoms with Gasteiger partial charge in [0.15, 0.2) is 0 Å². The Bertz CT molecular complexity index is 1580. The van der Waals surface area contributed by atoms with Gasteiger partial charge in [-0.15, -0.1) is 0 Å². The van der Waals surface area contributed by atoms with Crippen LogP contribution in [0.4, 0.5) is 4.79 Å². The Morgan fingerprint density at radius 1 is 0.814 bits per heavy atom. The number of rotatable bonds is 10. The third kappa shape index (κ3) is 6.06. The standard InChI is InChI=1S/C36H32N2O5/c39-34-33(38-32(25-43-36(38)41)29-19-11-4-12-20-29)30(22-21-26-13-5-1-6-14-26)37(34)31(23-27-15-7-2-8-16-27)35(40)42-24-28-17-9-3-10-18-28/h1-22,30-33H,23-25H2/t30?,31?,32-,33?/m1/s1. The molecular formula is C36H32N2O5. The Kier molecular flexibility index (Phi) is 8.31. The minimum Gasteiger partial charge on any atom is -0.459 e. The molecule has 2 fully saturated rings. The molecule has 2 heterocycles. The van der Waals surface area contributed by atoms with E-state index in [1.54, 1.807) is 4.90 Å². The van der Waals surface area contributed by atoms with E-state index < -0.39 is 36.2 Å². The Balaban J connectivity index is 1.34. The predicted octanol–water partition coefficient (Wildman–Crippen LogP) is 5.83. The molecule has 0 N–H and O–H groups in total. The summed E-state index contributed by atoms with van der Waals surface area (Å²) >= 11 is 0. The molecule has 2 aliphatic heterocycles. The van der Waals surface area contributed by atoms with Crippen LogP contribution in [0.25, 0.3) is 6.08 Å². The normalized spacial score (nSPS) is 20.5. The van der Waals surface area contributed by atoms with Crippen molar-refractivity contribution in [3.63, 3.8) is 0 Å². The number of β-lactam (4-membered cyclic amide) rings is 1. The summed E-state index contributed by atoms with van der Waals surface area (Å²) in [6.07, 6.45) is 3.55. The van der Waals surface area contributed by atoms with Gasteiger partial charge in [-0.3, -0.25) is 9.69 Å². The van der Waals surface area contributed by atoms with Crippen LogP contribution < -0.4 is 0 Å². The topological polar surface area (TPSA) is 76.2 Å². The van der Waals surface area contributed by atoms with Crippen molar-refractivity contribution in [1.29, 1.82) is 0 Å². The van der Waals surface area contributed by atoms with Crippen LogP contribution in [0.5, 0.6) is 0 Å². The molecule has 2 amide bonds. The van der Waals surface area contributed by atoms with Gasteiger partial charge in [0.05, 0.1) is 12.1 Å². The van der Waals surface area contributed by atoms with Crippen LogP contribution >= 0.6 is 0 Å². The second-order valence-corrected chi connectivity index (χ2v) is 10.7. The first-order valence-electron chi connectivity index (χ1n) is 14.4. The van der Waals surface area contributed by atoms with Gasteiger partial charge in [0, 0.05) is 6.42 Å². The molecule has 2 aliphatic rings. The summed E-state index contributed by atoms with van der Waals surface area (Å²) in [7, 11) is 0. The Labute approximate surface area is 251 Å². The summed E-state index contributed by atoms with van der Waals surface area (Å²) in [5, 5.41) is 0. The van der Waals surface area contributed by atoms with Crippen LogP contribution in [0, 0.1) is 0 Å². The number of carbonyl (C=O) groups is 3. The van der Waals surface area contributed by atoms with Gasteiger partial charge in [0.1, 0.15) is 25.3 Å². The Morgan fingerprint density at radius 2 is 1.40 bits per heavy atom. The summed E-state index contributed by atoms with van der Waals surface area (Å²) in [5.74, 6) is -0.818. The largest absolute Gasteiger partial charge is 0.459 e. The minimum absolute atomic E-state index is 0.0927. The van der Waals surface area contributed by atoms with Crippen molar-refractivity contribution in [2.45, 2.75) is 37.2 Å². The van der Waals surface area contributed by atoms with Crippen LogP contribution in [-0.4, -0.2) is 52.5 Å². The smallest absolute Gasteiger partial charge is 0.411 e. The highest BCUT2D eigenvalue weighted by Crippen LogP contribution is 2.39. The molecule has 7 heteroatoms. The summed E-state index contributed by atoms with van der Waals surface area (Å²) < 4.78 is 11.3. The lowest BCUT2D eigenvalue weighted by Gasteiger charge is -2.52. The van der Waals surface area contributed by atoms with E-state index >= 15 is 0 Å². The monoisotopic (exact) mass is 572 g/mol. The number of nitrogens with zero attached hydrogens (tertiary/aromatic N) is 2. The van der Waals surface area contributed by atoms with Crippen LogP contribution in [0.1, 0.15) is 28.3 Å². The van der Waals surface area contributed by atoms with Crippen molar-refractivity contribution in [3.05, 3.63) is 150 Å². The molecule has 0 bridgehead atoms. The van der Waals surface area contributed by atoms with Crippen molar-refractivity contribution in [2.24, 2.45) is 0 Å². The number of cyclic esters (lactones) is 1. The average molecular weight is 573 g/mol. The number of esters is 1. The molecule has 0 saturated carbocycles. The molecule has 4 atom stereocenters. The van der Waals surface area contributed by atoms with Crippen LogP contribution in [0.3, 0.4) is 0 Å². The number of hydrogen-bond acceptors (Lipinski definition) is 5. The number of hydrogen-bond donors (Lipinski definition) is 0. The molecule has 4 aromatic rings. The van der Waals surface area contributed by atoms with Crippen molar-refractivity contribution in [2.75, 3.05) is 6.61 Å². The van der Waals surface area contributed by atoms with E-state index in [2.05, 4.69) is 0 Å². The maximum Gasteiger partial charge on any atom is 0.411 e. The Morgan fingerprint density at radius 3 is 2.05 bits per heavy atom. The van der Waals surface area contributed by atoms with E-state index in [4.69, 9.17) is 9.47 Å². The molecule has 43 heavy (non-hydrogen) atoms. The third-order valence-corrected chi connectivity index (χ3v) is 7.94. The lowest BCUT2D eigenvalue weighted by molar-refractivity contribution is -0.171. The van der Waals surface area contributed by atoms with Gasteiger partial charge in [0.2, 0.25) is 5.91 Å². The van der Waals surface area contributed by atoms with Crippen molar-refractivity contribution in [1.82, 2.24) is 9.80 Å². The summed E-state index contributed by atoms with van der Waals surface area (Å²) in [6.45, 7) is 0.240. The Hall–Kier alpha value is -5.17. The van der Waals surface area contributed by atoms with E-state index in [0.29, 0.717) is 0 Å². The fourth-order valence-electron chi connectivity index (χ4n) is 5.76. The first-order valence-corrected chi connectivity index (χ1v) is 14.4. The van der Waals surface area contributed by atoms with Gasteiger partial charge < -0.3 is 14.4 Å². The fraction of sp³-hybridized carbons (Fsp3) is 0.194. The van der Waals surface area contributed by atoms with E-state index in [-0.39, 0.29) is 25.5 Å². The third-order valence-electron chi connectivity index (χ3n) is 7.94. The molecule has 0 radical (unpaired) electrons. The highest BCUT2D eigenvalue weighted by Gasteiger charge is 2.58. The molecule has 6 rings (SSSR count). The van der Waals surface area contributed by atoms with Gasteiger partial charge in [-0.2, -0.15) is 0 Å². The fourth-order valence-corrected chi connectivity index (χ4v) is 5.76. The van der Waals surface area contributed by atoms with Crippen LogP contribution in [-0.2, 0) is 32.1 Å². The molecule has 0 spiro atoms. The number of amides is 2. The maximum atomic E-state index is 14.1. The molecule has 0 aliphatic carbocycles. The van der Waals surface area contributed by atoms with Gasteiger partial charge in [-0.05, 0) is 22.3 Å². The number of benzene rings is 4. The van der Waals surface area contributed by atoms with Crippen LogP contribution in [0.15, 0.2) is 127 Å². The van der Waals surface area contributed by atoms with Crippen molar-refractivity contribution in [3.8, 4) is 0 Å². The highest BCUT2D eigenvalue weighted by atomic mass is 16.6. The number of ether oxygens (including phenoxy) is 2. The van der Waals surface area contributed by atoms with E-state index in [1.165, 1.54) is 4.90 Å². The second-order valence-electron chi connectivity index (χ2n) is 10.7. The molecule has 2 saturated heterocycles. The average Bonchev–Trinajstić information content (AvgIpc) is 3.43. The van der Waals surface area contributed by atoms with E-state index in [1.807, 2.05) is 133 Å². The molecule has 0 aromatic heterocycles. The number of carbonyl (C=O) groups excluding carboxylic acids is 3. The quantitative estimate of drug-likeness (QED) is 0.177. The second kappa shape index (κ2) is 12.8. The molecule has 216 valence electrons. The molecule has 4 aromatic carbocycles. The minimum atomic E-state index is -0.894. The summed E-state index contributed by atoms with van der Waals surface area (Å²) in [5.41, 5.74) is 3.58. The lowest BCUT2D eigenvalue weighted by atomic mass is 9.87. The van der Waals surface area contributed by atoms with Crippen LogP contribution in [0.2, 0.25) is 0 Å². The molecule has 3 unspecified atom stereocenters.